The molecular formula is C22H23N3O2. The Labute approximate surface area is 159 Å². The summed E-state index contributed by atoms with van der Waals surface area (Å²) >= 11 is 0. The van der Waals surface area contributed by atoms with E-state index in [0.29, 0.717) is 12.1 Å². The number of hydrogen-bond acceptors (Lipinski definition) is 4. The maximum absolute atomic E-state index is 12.3. The standard InChI is InChI=1S/C22H23N3O2/c1-27-21-9-7-17(8-10-21)11-12-24-20-13-19(15-23-16-20)22(26)25-14-18-5-3-2-4-6-18/h2-10,13,15-16,24H,11-12,14H2,1H3,(H,25,26). The van der Waals surface area contributed by atoms with Gasteiger partial charge in [0.2, 0.25) is 0 Å². The number of pyridine rings is 1. The molecule has 0 spiro atoms. The summed E-state index contributed by atoms with van der Waals surface area (Å²) in [7, 11) is 1.66. The van der Waals surface area contributed by atoms with Crippen LogP contribution in [0.3, 0.4) is 0 Å². The Bertz CT molecular complexity index is 864. The van der Waals surface area contributed by atoms with Crippen LogP contribution in [0.5, 0.6) is 5.75 Å². The molecular weight excluding hydrogens is 338 g/mol. The fourth-order valence-electron chi connectivity index (χ4n) is 2.68. The number of carbonyl (C=O) groups excluding carboxylic acids is 1. The fraction of sp³-hybridized carbons (Fsp3) is 0.182. The largest absolute Gasteiger partial charge is 0.497 e. The molecule has 0 unspecified atom stereocenters. The molecule has 0 aliphatic rings. The Morgan fingerprint density at radius 3 is 2.52 bits per heavy atom. The molecule has 0 fully saturated rings. The summed E-state index contributed by atoms with van der Waals surface area (Å²) in [6.45, 7) is 1.25. The predicted molar refractivity (Wildman–Crippen MR) is 107 cm³/mol. The molecule has 0 aliphatic carbocycles. The van der Waals surface area contributed by atoms with Crippen molar-refractivity contribution >= 4 is 11.6 Å². The first-order valence-electron chi connectivity index (χ1n) is 8.88. The minimum absolute atomic E-state index is 0.134. The Balaban J connectivity index is 1.51. The summed E-state index contributed by atoms with van der Waals surface area (Å²) in [6, 6.07) is 19.7. The van der Waals surface area contributed by atoms with Gasteiger partial charge in [0.05, 0.1) is 18.4 Å². The molecule has 1 heterocycles. The van der Waals surface area contributed by atoms with Crippen molar-refractivity contribution in [2.45, 2.75) is 13.0 Å². The zero-order valence-electron chi connectivity index (χ0n) is 15.3. The highest BCUT2D eigenvalue weighted by Crippen LogP contribution is 2.13. The number of aromatic nitrogens is 1. The van der Waals surface area contributed by atoms with Crippen LogP contribution in [0, 0.1) is 0 Å². The predicted octanol–water partition coefficient (Wildman–Crippen LogP) is 3.67. The molecule has 0 aliphatic heterocycles. The topological polar surface area (TPSA) is 63.2 Å². The number of amides is 1. The first-order valence-corrected chi connectivity index (χ1v) is 8.88. The van der Waals surface area contributed by atoms with Crippen LogP contribution in [0.2, 0.25) is 0 Å². The Morgan fingerprint density at radius 1 is 1.00 bits per heavy atom. The minimum atomic E-state index is -0.134. The quantitative estimate of drug-likeness (QED) is 0.642. The maximum Gasteiger partial charge on any atom is 0.253 e. The molecule has 1 amide bonds. The zero-order valence-corrected chi connectivity index (χ0v) is 15.3. The summed E-state index contributed by atoms with van der Waals surface area (Å²) in [5.74, 6) is 0.718. The lowest BCUT2D eigenvalue weighted by atomic mass is 10.1. The van der Waals surface area contributed by atoms with E-state index in [1.807, 2.05) is 60.7 Å². The number of nitrogens with zero attached hydrogens (tertiary/aromatic N) is 1. The summed E-state index contributed by atoms with van der Waals surface area (Å²) < 4.78 is 5.16. The van der Waals surface area contributed by atoms with Gasteiger partial charge in [0, 0.05) is 25.5 Å². The number of anilines is 1. The molecule has 0 bridgehead atoms. The van der Waals surface area contributed by atoms with Crippen molar-refractivity contribution in [3.8, 4) is 5.75 Å². The van der Waals surface area contributed by atoms with Gasteiger partial charge in [-0.15, -0.1) is 0 Å². The van der Waals surface area contributed by atoms with Crippen molar-refractivity contribution in [2.75, 3.05) is 19.0 Å². The third-order valence-electron chi connectivity index (χ3n) is 4.20. The molecule has 138 valence electrons. The van der Waals surface area contributed by atoms with Crippen LogP contribution in [0.25, 0.3) is 0 Å². The van der Waals surface area contributed by atoms with Crippen LogP contribution in [0.1, 0.15) is 21.5 Å². The lowest BCUT2D eigenvalue weighted by Gasteiger charge is -2.09. The number of ether oxygens (including phenoxy) is 1. The van der Waals surface area contributed by atoms with Gasteiger partial charge in [0.25, 0.3) is 5.91 Å². The van der Waals surface area contributed by atoms with E-state index >= 15 is 0 Å². The summed E-state index contributed by atoms with van der Waals surface area (Å²) in [6.07, 6.45) is 4.17. The van der Waals surface area contributed by atoms with Gasteiger partial charge in [-0.3, -0.25) is 9.78 Å². The van der Waals surface area contributed by atoms with Crippen molar-refractivity contribution in [1.82, 2.24) is 10.3 Å². The Kier molecular flexibility index (Phi) is 6.41. The molecule has 0 saturated heterocycles. The molecule has 2 N–H and O–H groups in total. The lowest BCUT2D eigenvalue weighted by molar-refractivity contribution is 0.0950. The molecule has 0 saturated carbocycles. The highest BCUT2D eigenvalue weighted by Gasteiger charge is 2.07. The molecule has 3 rings (SSSR count). The van der Waals surface area contributed by atoms with Gasteiger partial charge in [-0.1, -0.05) is 42.5 Å². The Morgan fingerprint density at radius 2 is 1.78 bits per heavy atom. The van der Waals surface area contributed by atoms with Gasteiger partial charge in [-0.05, 0) is 35.7 Å². The van der Waals surface area contributed by atoms with E-state index in [-0.39, 0.29) is 5.91 Å². The lowest BCUT2D eigenvalue weighted by Crippen LogP contribution is -2.23. The van der Waals surface area contributed by atoms with Crippen molar-refractivity contribution in [3.63, 3.8) is 0 Å². The van der Waals surface area contributed by atoms with Crippen LogP contribution < -0.4 is 15.4 Å². The van der Waals surface area contributed by atoms with Crippen molar-refractivity contribution in [2.24, 2.45) is 0 Å². The van der Waals surface area contributed by atoms with Gasteiger partial charge in [-0.25, -0.2) is 0 Å². The average Bonchev–Trinajstić information content (AvgIpc) is 2.73. The van der Waals surface area contributed by atoms with E-state index in [2.05, 4.69) is 15.6 Å². The number of rotatable bonds is 8. The van der Waals surface area contributed by atoms with Crippen LogP contribution >= 0.6 is 0 Å². The van der Waals surface area contributed by atoms with Crippen LogP contribution in [-0.2, 0) is 13.0 Å². The summed E-state index contributed by atoms with van der Waals surface area (Å²) in [5, 5.41) is 6.23. The second-order valence-electron chi connectivity index (χ2n) is 6.16. The molecule has 3 aromatic rings. The van der Waals surface area contributed by atoms with E-state index in [1.165, 1.54) is 5.56 Å². The van der Waals surface area contributed by atoms with E-state index in [9.17, 15) is 4.79 Å². The first-order chi connectivity index (χ1) is 13.2. The number of carbonyl (C=O) groups is 1. The number of methoxy groups -OCH3 is 1. The monoisotopic (exact) mass is 361 g/mol. The minimum Gasteiger partial charge on any atom is -0.497 e. The number of benzene rings is 2. The molecule has 0 radical (unpaired) electrons. The first kappa shape index (κ1) is 18.5. The van der Waals surface area contributed by atoms with E-state index in [4.69, 9.17) is 4.74 Å². The molecule has 0 atom stereocenters. The highest BCUT2D eigenvalue weighted by molar-refractivity contribution is 5.94. The van der Waals surface area contributed by atoms with Crippen LogP contribution in [0.15, 0.2) is 73.1 Å². The number of nitrogens with one attached hydrogen (secondary N) is 2. The Hall–Kier alpha value is -3.34. The average molecular weight is 361 g/mol. The van der Waals surface area contributed by atoms with Gasteiger partial charge in [0.15, 0.2) is 0 Å². The van der Waals surface area contributed by atoms with E-state index in [0.717, 1.165) is 30.0 Å². The molecule has 2 aromatic carbocycles. The third-order valence-corrected chi connectivity index (χ3v) is 4.20. The second-order valence-corrected chi connectivity index (χ2v) is 6.16. The van der Waals surface area contributed by atoms with Crippen molar-refractivity contribution in [3.05, 3.63) is 89.7 Å². The maximum atomic E-state index is 12.3. The fourth-order valence-corrected chi connectivity index (χ4v) is 2.68. The summed E-state index contributed by atoms with van der Waals surface area (Å²) in [5.41, 5.74) is 3.65. The smallest absolute Gasteiger partial charge is 0.253 e. The third kappa shape index (κ3) is 5.57. The van der Waals surface area contributed by atoms with Crippen molar-refractivity contribution in [1.29, 1.82) is 0 Å². The molecule has 1 aromatic heterocycles. The molecule has 27 heavy (non-hydrogen) atoms. The second kappa shape index (κ2) is 9.38. The molecule has 5 heteroatoms. The van der Waals surface area contributed by atoms with Crippen LogP contribution in [0.4, 0.5) is 5.69 Å². The van der Waals surface area contributed by atoms with Crippen molar-refractivity contribution < 1.29 is 9.53 Å². The molecule has 5 nitrogen and oxygen atoms in total. The van der Waals surface area contributed by atoms with E-state index in [1.54, 1.807) is 19.5 Å². The van der Waals surface area contributed by atoms with Crippen LogP contribution in [-0.4, -0.2) is 24.5 Å². The normalized spacial score (nSPS) is 10.3. The SMILES string of the molecule is COc1ccc(CCNc2cncc(C(=O)NCc3ccccc3)c2)cc1. The van der Waals surface area contributed by atoms with Gasteiger partial charge in [-0.2, -0.15) is 0 Å². The van der Waals surface area contributed by atoms with Gasteiger partial charge < -0.3 is 15.4 Å². The number of hydrogen-bond donors (Lipinski definition) is 2. The van der Waals surface area contributed by atoms with E-state index < -0.39 is 0 Å². The highest BCUT2D eigenvalue weighted by atomic mass is 16.5. The zero-order chi connectivity index (χ0) is 18.9. The summed E-state index contributed by atoms with van der Waals surface area (Å²) in [4.78, 5) is 16.5. The van der Waals surface area contributed by atoms with Gasteiger partial charge in [0.1, 0.15) is 5.75 Å². The van der Waals surface area contributed by atoms with Gasteiger partial charge >= 0.3 is 0 Å².